The Morgan fingerprint density at radius 3 is 0.892 bits per heavy atom. The van der Waals surface area contributed by atoms with Crippen LogP contribution in [0.1, 0.15) is 0 Å². The first-order chi connectivity index (χ1) is 69.0. The molecular weight excluding hydrogens is 1710 g/mol. The number of fused-ring (bicyclic) bond motifs is 19. The molecule has 0 saturated heterocycles. The average molecular weight is 1800 g/mol. The van der Waals surface area contributed by atoms with Crippen molar-refractivity contribution >= 4 is 203 Å². The molecular formula is C130H86N6O2S. The van der Waals surface area contributed by atoms with E-state index in [1.807, 2.05) is 29.5 Å². The van der Waals surface area contributed by atoms with E-state index in [0.717, 1.165) is 117 Å². The van der Waals surface area contributed by atoms with E-state index in [9.17, 15) is 0 Å². The average Bonchev–Trinajstić information content (AvgIpc) is 1.56. The summed E-state index contributed by atoms with van der Waals surface area (Å²) >= 11 is 1.87. The molecule has 0 aliphatic heterocycles. The molecule has 28 aromatic rings. The smallest absolute Gasteiger partial charge is 0.159 e. The second-order valence-electron chi connectivity index (χ2n) is 35.2. The lowest BCUT2D eigenvalue weighted by Crippen LogP contribution is -2.12. The summed E-state index contributed by atoms with van der Waals surface area (Å²) < 4.78 is 23.1. The van der Waals surface area contributed by atoms with Gasteiger partial charge in [-0.2, -0.15) is 0 Å². The van der Waals surface area contributed by atoms with Crippen LogP contribution >= 0.6 is 11.3 Å². The lowest BCUT2D eigenvalue weighted by molar-refractivity contribution is 0.668. The van der Waals surface area contributed by atoms with Gasteiger partial charge in [0.15, 0.2) is 11.2 Å². The fourth-order valence-corrected chi connectivity index (χ4v) is 22.4. The van der Waals surface area contributed by atoms with Gasteiger partial charge in [-0.25, -0.2) is 0 Å². The van der Waals surface area contributed by atoms with E-state index in [1.165, 1.54) is 124 Å². The van der Waals surface area contributed by atoms with E-state index in [0.29, 0.717) is 0 Å². The van der Waals surface area contributed by atoms with Crippen LogP contribution in [-0.4, -0.2) is 13.7 Å². The molecule has 0 spiro atoms. The Kier molecular flexibility index (Phi) is 20.3. The molecule has 0 amide bonds. The Labute approximate surface area is 806 Å². The highest BCUT2D eigenvalue weighted by Crippen LogP contribution is 2.53. The molecule has 0 atom stereocenters. The molecule has 0 bridgehead atoms. The van der Waals surface area contributed by atoms with Gasteiger partial charge in [0.25, 0.3) is 0 Å². The van der Waals surface area contributed by atoms with Gasteiger partial charge in [0.2, 0.25) is 0 Å². The van der Waals surface area contributed by atoms with Crippen LogP contribution in [0.15, 0.2) is 531 Å². The molecule has 0 saturated carbocycles. The van der Waals surface area contributed by atoms with Gasteiger partial charge in [0.05, 0.1) is 71.9 Å². The maximum absolute atomic E-state index is 6.69. The van der Waals surface area contributed by atoms with E-state index in [4.69, 9.17) is 8.83 Å². The van der Waals surface area contributed by atoms with Crippen LogP contribution in [0.4, 0.5) is 51.2 Å². The summed E-state index contributed by atoms with van der Waals surface area (Å²) in [4.78, 5) is 7.20. The van der Waals surface area contributed by atoms with Crippen molar-refractivity contribution in [3.8, 4) is 50.4 Å². The predicted octanol–water partition coefficient (Wildman–Crippen LogP) is 37.1. The van der Waals surface area contributed by atoms with Gasteiger partial charge < -0.3 is 37.2 Å². The van der Waals surface area contributed by atoms with Gasteiger partial charge in [0, 0.05) is 103 Å². The molecule has 0 aliphatic rings. The van der Waals surface area contributed by atoms with Crippen molar-refractivity contribution in [1.29, 1.82) is 0 Å². The number of thiophene rings is 1. The number of nitrogens with zero attached hydrogens (tertiary/aromatic N) is 6. The molecule has 8 nitrogen and oxygen atoms in total. The Morgan fingerprint density at radius 1 is 0.180 bits per heavy atom. The van der Waals surface area contributed by atoms with Gasteiger partial charge >= 0.3 is 0 Å². The molecule has 9 heteroatoms. The first kappa shape index (κ1) is 81.5. The molecule has 0 radical (unpaired) electrons. The number of aromatic nitrogens is 3. The summed E-state index contributed by atoms with van der Waals surface area (Å²) in [5.41, 5.74) is 30.8. The third-order valence-electron chi connectivity index (χ3n) is 27.4. The molecule has 654 valence electrons. The van der Waals surface area contributed by atoms with Crippen molar-refractivity contribution in [1.82, 2.24) is 13.7 Å². The molecule has 0 aliphatic carbocycles. The number of hydrogen-bond donors (Lipinski definition) is 0. The van der Waals surface area contributed by atoms with Gasteiger partial charge in [0.1, 0.15) is 11.2 Å². The normalized spacial score (nSPS) is 11.6. The zero-order chi connectivity index (χ0) is 91.8. The van der Waals surface area contributed by atoms with Crippen LogP contribution in [0, 0.1) is 0 Å². The first-order valence-corrected chi connectivity index (χ1v) is 48.1. The number of rotatable bonds is 15. The quantitative estimate of drug-likeness (QED) is 0.102. The van der Waals surface area contributed by atoms with Crippen molar-refractivity contribution in [2.75, 3.05) is 14.7 Å². The van der Waals surface area contributed by atoms with Crippen LogP contribution in [0.2, 0.25) is 0 Å². The zero-order valence-corrected chi connectivity index (χ0v) is 76.4. The van der Waals surface area contributed by atoms with Crippen LogP contribution in [-0.2, 0) is 0 Å². The summed E-state index contributed by atoms with van der Waals surface area (Å²) in [6.45, 7) is 0. The van der Waals surface area contributed by atoms with Crippen molar-refractivity contribution in [3.05, 3.63) is 522 Å². The number of anilines is 9. The van der Waals surface area contributed by atoms with Crippen LogP contribution < -0.4 is 14.7 Å². The monoisotopic (exact) mass is 1790 g/mol. The van der Waals surface area contributed by atoms with E-state index >= 15 is 0 Å². The number of benzene rings is 22. The third kappa shape index (κ3) is 14.1. The molecule has 0 N–H and O–H groups in total. The second kappa shape index (κ2) is 34.6. The lowest BCUT2D eigenvalue weighted by Gasteiger charge is -2.28. The van der Waals surface area contributed by atoms with Gasteiger partial charge in [-0.3, -0.25) is 0 Å². The standard InChI is InChI=1S/C46H30N2O.C42H28N2O.C42H28N2S/c1-2-15-33(16-3-1)48-41-23-8-6-18-37(41)39-21-11-24-42(45(39)48)47(43-25-12-22-40-38-19-7-9-26-44(38)49-46(40)43)34-29-27-32(28-30-34)36-20-10-14-31-13-4-5-17-35(31)36;2*1-3-13-29(14-4-1)30-25-27-32(28-26-30)43(39-23-12-20-36-34-18-8-10-24-40(34)45-42(36)39)38-22-11-19-35-33-17-7-9-21-37(33)44(41(35)38)31-15-5-2-6-16-31/h1-30H;2*1-28H. The van der Waals surface area contributed by atoms with E-state index in [2.05, 4.69) is 532 Å². The summed E-state index contributed by atoms with van der Waals surface area (Å²) in [6, 6.07) is 186. The number of para-hydroxylation sites is 13. The first-order valence-electron chi connectivity index (χ1n) is 47.3. The maximum Gasteiger partial charge on any atom is 0.159 e. The topological polar surface area (TPSA) is 50.8 Å². The molecule has 22 aromatic carbocycles. The molecule has 0 unspecified atom stereocenters. The van der Waals surface area contributed by atoms with Crippen molar-refractivity contribution in [2.45, 2.75) is 0 Å². The summed E-state index contributed by atoms with van der Waals surface area (Å²) in [7, 11) is 0. The van der Waals surface area contributed by atoms with Crippen molar-refractivity contribution < 1.29 is 8.83 Å². The largest absolute Gasteiger partial charge is 0.454 e. The van der Waals surface area contributed by atoms with Crippen molar-refractivity contribution in [2.24, 2.45) is 0 Å². The molecule has 0 fully saturated rings. The summed E-state index contributed by atoms with van der Waals surface area (Å²) in [5.74, 6) is 0. The molecule has 139 heavy (non-hydrogen) atoms. The van der Waals surface area contributed by atoms with Crippen LogP contribution in [0.25, 0.3) is 191 Å². The molecule has 6 heterocycles. The maximum atomic E-state index is 6.69. The van der Waals surface area contributed by atoms with Gasteiger partial charge in [-0.15, -0.1) is 11.3 Å². The Balaban J connectivity index is 0.000000108. The Morgan fingerprint density at radius 2 is 0.468 bits per heavy atom. The van der Waals surface area contributed by atoms with Crippen LogP contribution in [0.5, 0.6) is 0 Å². The Bertz CT molecular complexity index is 9160. The van der Waals surface area contributed by atoms with E-state index < -0.39 is 0 Å². The molecule has 28 rings (SSSR count). The minimum atomic E-state index is 0.862. The highest BCUT2D eigenvalue weighted by molar-refractivity contribution is 7.26. The summed E-state index contributed by atoms with van der Waals surface area (Å²) in [5, 5.41) is 16.8. The minimum Gasteiger partial charge on any atom is -0.454 e. The SMILES string of the molecule is c1ccc(-c2ccc(N(c3cccc4c3oc3ccccc34)c3cccc4c5ccccc5n(-c5ccccc5)c34)cc2)cc1.c1ccc(-c2ccc(N(c3cccc4c3sc3ccccc34)c3cccc4c5ccccc5n(-c5ccccc5)c34)cc2)cc1.c1ccc(-n2c3ccccc3c3cccc(N(c4ccc(-c5cccc6ccccc56)cc4)c4cccc5c4oc4ccccc45)c32)cc1. The predicted molar refractivity (Wildman–Crippen MR) is 588 cm³/mol. The fourth-order valence-electron chi connectivity index (χ4n) is 21.2. The van der Waals surface area contributed by atoms with Gasteiger partial charge in [-0.1, -0.05) is 376 Å². The summed E-state index contributed by atoms with van der Waals surface area (Å²) in [6.07, 6.45) is 0. The van der Waals surface area contributed by atoms with Crippen LogP contribution in [0.3, 0.4) is 0 Å². The highest BCUT2D eigenvalue weighted by Gasteiger charge is 2.30. The second-order valence-corrected chi connectivity index (χ2v) is 36.3. The zero-order valence-electron chi connectivity index (χ0n) is 75.6. The minimum absolute atomic E-state index is 0.862. The molecule has 6 aromatic heterocycles. The number of furan rings is 2. The van der Waals surface area contributed by atoms with E-state index in [1.54, 1.807) is 0 Å². The van der Waals surface area contributed by atoms with Crippen molar-refractivity contribution in [3.63, 3.8) is 0 Å². The Hall–Kier alpha value is -18.3. The number of hydrogen-bond acceptors (Lipinski definition) is 6. The van der Waals surface area contributed by atoms with Gasteiger partial charge in [-0.05, 0) is 190 Å². The fraction of sp³-hybridized carbons (Fsp3) is 0. The lowest BCUT2D eigenvalue weighted by atomic mass is 9.98. The third-order valence-corrected chi connectivity index (χ3v) is 28.6. The highest BCUT2D eigenvalue weighted by atomic mass is 32.1. The van der Waals surface area contributed by atoms with E-state index in [-0.39, 0.29) is 0 Å².